The molecule has 0 bridgehead atoms. The van der Waals surface area contributed by atoms with Crippen LogP contribution in [0.15, 0.2) is 30.3 Å². The minimum atomic E-state index is 0.176. The van der Waals surface area contributed by atoms with Crippen molar-refractivity contribution in [3.05, 3.63) is 35.9 Å². The Morgan fingerprint density at radius 3 is 2.59 bits per heavy atom. The Morgan fingerprint density at radius 2 is 2.06 bits per heavy atom. The predicted molar refractivity (Wildman–Crippen MR) is 76.2 cm³/mol. The predicted octanol–water partition coefficient (Wildman–Crippen LogP) is 2.40. The van der Waals surface area contributed by atoms with Crippen molar-refractivity contribution in [2.24, 2.45) is 11.7 Å². The van der Waals surface area contributed by atoms with Gasteiger partial charge >= 0.3 is 0 Å². The Morgan fingerprint density at radius 1 is 1.41 bits per heavy atom. The Hall–Kier alpha value is -0.930. The van der Waals surface area contributed by atoms with E-state index < -0.39 is 0 Å². The summed E-state index contributed by atoms with van der Waals surface area (Å²) in [5.41, 5.74) is 7.09. The average molecular weight is 248 g/mol. The molecular weight excluding hydrogens is 228 g/mol. The molecule has 1 unspecified atom stereocenters. The van der Waals surface area contributed by atoms with Crippen LogP contribution in [0.3, 0.4) is 0 Å². The smallest absolute Gasteiger partial charge is 0.0816 e. The van der Waals surface area contributed by atoms with Gasteiger partial charge in [0.1, 0.15) is 0 Å². The largest absolute Gasteiger partial charge is 0.393 e. The van der Waals surface area contributed by atoms with E-state index in [0.29, 0.717) is 4.99 Å². The molecule has 1 aromatic carbocycles. The lowest BCUT2D eigenvalue weighted by molar-refractivity contribution is 0.317. The van der Waals surface area contributed by atoms with Crippen molar-refractivity contribution in [3.63, 3.8) is 0 Å². The molecule has 92 valence electrons. The second-order valence-electron chi connectivity index (χ2n) is 5.03. The molecular formula is C14H20N2S. The summed E-state index contributed by atoms with van der Waals surface area (Å²) in [5.74, 6) is 1.08. The SMILES string of the molecule is CN(CC1CC1)CC(C(N)=S)c1ccccc1. The van der Waals surface area contributed by atoms with Crippen LogP contribution in [0.2, 0.25) is 0 Å². The van der Waals surface area contributed by atoms with Crippen LogP contribution in [-0.4, -0.2) is 30.0 Å². The van der Waals surface area contributed by atoms with Crippen molar-refractivity contribution < 1.29 is 0 Å². The monoisotopic (exact) mass is 248 g/mol. The van der Waals surface area contributed by atoms with E-state index >= 15 is 0 Å². The molecule has 1 aliphatic carbocycles. The van der Waals surface area contributed by atoms with E-state index in [0.717, 1.165) is 12.5 Å². The number of nitrogens with two attached hydrogens (primary N) is 1. The first-order valence-corrected chi connectivity index (χ1v) is 6.60. The second kappa shape index (κ2) is 5.61. The zero-order valence-corrected chi connectivity index (χ0v) is 11.1. The summed E-state index contributed by atoms with van der Waals surface area (Å²) in [7, 11) is 2.16. The van der Waals surface area contributed by atoms with Crippen LogP contribution in [0.25, 0.3) is 0 Å². The van der Waals surface area contributed by atoms with Gasteiger partial charge in [-0.1, -0.05) is 42.5 Å². The van der Waals surface area contributed by atoms with Crippen LogP contribution in [0.1, 0.15) is 24.3 Å². The molecule has 0 radical (unpaired) electrons. The molecule has 2 rings (SSSR count). The topological polar surface area (TPSA) is 29.3 Å². The zero-order chi connectivity index (χ0) is 12.3. The van der Waals surface area contributed by atoms with Crippen molar-refractivity contribution in [2.45, 2.75) is 18.8 Å². The molecule has 1 fully saturated rings. The van der Waals surface area contributed by atoms with E-state index in [4.69, 9.17) is 18.0 Å². The summed E-state index contributed by atoms with van der Waals surface area (Å²) in [6.07, 6.45) is 2.76. The van der Waals surface area contributed by atoms with Gasteiger partial charge in [-0.15, -0.1) is 0 Å². The van der Waals surface area contributed by atoms with Crippen molar-refractivity contribution in [1.29, 1.82) is 0 Å². The number of hydrogen-bond donors (Lipinski definition) is 1. The number of hydrogen-bond acceptors (Lipinski definition) is 2. The fourth-order valence-corrected chi connectivity index (χ4v) is 2.38. The molecule has 1 aromatic rings. The maximum atomic E-state index is 5.87. The normalized spacial score (nSPS) is 17.1. The fourth-order valence-electron chi connectivity index (χ4n) is 2.17. The Kier molecular flexibility index (Phi) is 4.13. The van der Waals surface area contributed by atoms with Crippen LogP contribution >= 0.6 is 12.2 Å². The molecule has 17 heavy (non-hydrogen) atoms. The summed E-state index contributed by atoms with van der Waals surface area (Å²) >= 11 is 5.20. The molecule has 1 atom stereocenters. The molecule has 0 aliphatic heterocycles. The lowest BCUT2D eigenvalue weighted by Crippen LogP contribution is -2.32. The van der Waals surface area contributed by atoms with Crippen molar-refractivity contribution in [2.75, 3.05) is 20.1 Å². The highest BCUT2D eigenvalue weighted by atomic mass is 32.1. The van der Waals surface area contributed by atoms with Crippen LogP contribution in [0.4, 0.5) is 0 Å². The van der Waals surface area contributed by atoms with Crippen molar-refractivity contribution >= 4 is 17.2 Å². The summed E-state index contributed by atoms with van der Waals surface area (Å²) in [5, 5.41) is 0. The van der Waals surface area contributed by atoms with E-state index in [-0.39, 0.29) is 5.92 Å². The van der Waals surface area contributed by atoms with Crippen LogP contribution in [0.5, 0.6) is 0 Å². The van der Waals surface area contributed by atoms with Crippen LogP contribution in [-0.2, 0) is 0 Å². The molecule has 1 saturated carbocycles. The molecule has 0 saturated heterocycles. The van der Waals surface area contributed by atoms with E-state index in [9.17, 15) is 0 Å². The van der Waals surface area contributed by atoms with Gasteiger partial charge in [-0.05, 0) is 31.4 Å². The highest BCUT2D eigenvalue weighted by Crippen LogP contribution is 2.30. The maximum Gasteiger partial charge on any atom is 0.0816 e. The number of thiocarbonyl (C=S) groups is 1. The van der Waals surface area contributed by atoms with Gasteiger partial charge in [0, 0.05) is 19.0 Å². The van der Waals surface area contributed by atoms with Gasteiger partial charge in [0.25, 0.3) is 0 Å². The molecule has 2 nitrogen and oxygen atoms in total. The van der Waals surface area contributed by atoms with Gasteiger partial charge in [-0.3, -0.25) is 0 Å². The van der Waals surface area contributed by atoms with Gasteiger partial charge in [-0.2, -0.15) is 0 Å². The second-order valence-corrected chi connectivity index (χ2v) is 5.50. The third kappa shape index (κ3) is 3.79. The number of benzene rings is 1. The Bertz CT molecular complexity index is 373. The van der Waals surface area contributed by atoms with Gasteiger partial charge < -0.3 is 10.6 Å². The molecule has 0 spiro atoms. The quantitative estimate of drug-likeness (QED) is 0.784. The highest BCUT2D eigenvalue weighted by Gasteiger charge is 2.24. The molecule has 3 heteroatoms. The lowest BCUT2D eigenvalue weighted by atomic mass is 9.98. The standard InChI is InChI=1S/C14H20N2S/c1-16(9-11-7-8-11)10-13(14(15)17)12-5-3-2-4-6-12/h2-6,11,13H,7-10H2,1H3,(H2,15,17). The molecule has 2 N–H and O–H groups in total. The summed E-state index contributed by atoms with van der Waals surface area (Å²) in [6.45, 7) is 2.10. The van der Waals surface area contributed by atoms with Crippen molar-refractivity contribution in [3.8, 4) is 0 Å². The van der Waals surface area contributed by atoms with Crippen molar-refractivity contribution in [1.82, 2.24) is 4.90 Å². The van der Waals surface area contributed by atoms with E-state index in [1.807, 2.05) is 18.2 Å². The third-order valence-electron chi connectivity index (χ3n) is 3.31. The number of rotatable bonds is 6. The first-order chi connectivity index (χ1) is 8.16. The van der Waals surface area contributed by atoms with E-state index in [1.165, 1.54) is 24.9 Å². The number of likely N-dealkylation sites (N-methyl/N-ethyl adjacent to an activating group) is 1. The summed E-state index contributed by atoms with van der Waals surface area (Å²) in [6, 6.07) is 10.3. The van der Waals surface area contributed by atoms with Gasteiger partial charge in [-0.25, -0.2) is 0 Å². The Balaban J connectivity index is 1.99. The molecule has 0 aromatic heterocycles. The molecule has 0 heterocycles. The fraction of sp³-hybridized carbons (Fsp3) is 0.500. The van der Waals surface area contributed by atoms with E-state index in [1.54, 1.807) is 0 Å². The van der Waals surface area contributed by atoms with Crippen LogP contribution in [0, 0.1) is 5.92 Å². The minimum absolute atomic E-state index is 0.176. The average Bonchev–Trinajstić information content (AvgIpc) is 3.10. The molecule has 1 aliphatic rings. The maximum absolute atomic E-state index is 5.87. The third-order valence-corrected chi connectivity index (χ3v) is 3.59. The van der Waals surface area contributed by atoms with Gasteiger partial charge in [0.2, 0.25) is 0 Å². The first kappa shape index (κ1) is 12.5. The molecule has 0 amide bonds. The first-order valence-electron chi connectivity index (χ1n) is 6.19. The summed E-state index contributed by atoms with van der Waals surface area (Å²) < 4.78 is 0. The highest BCUT2D eigenvalue weighted by molar-refractivity contribution is 7.80. The zero-order valence-electron chi connectivity index (χ0n) is 10.3. The van der Waals surface area contributed by atoms with Crippen LogP contribution < -0.4 is 5.73 Å². The minimum Gasteiger partial charge on any atom is -0.393 e. The summed E-state index contributed by atoms with van der Waals surface area (Å²) in [4.78, 5) is 2.95. The lowest BCUT2D eigenvalue weighted by Gasteiger charge is -2.23. The van der Waals surface area contributed by atoms with E-state index in [2.05, 4.69) is 24.1 Å². The Labute approximate surface area is 109 Å². The van der Waals surface area contributed by atoms with Gasteiger partial charge in [0.15, 0.2) is 0 Å². The number of nitrogens with zero attached hydrogens (tertiary/aromatic N) is 1. The van der Waals surface area contributed by atoms with Gasteiger partial charge in [0.05, 0.1) is 4.99 Å².